The Labute approximate surface area is 177 Å². The van der Waals surface area contributed by atoms with Gasteiger partial charge in [-0.25, -0.2) is 0 Å². The van der Waals surface area contributed by atoms with Gasteiger partial charge in [0.05, 0.1) is 5.75 Å². The Morgan fingerprint density at radius 1 is 1.07 bits per heavy atom. The lowest BCUT2D eigenvalue weighted by Crippen LogP contribution is -2.29. The van der Waals surface area contributed by atoms with Gasteiger partial charge in [-0.1, -0.05) is 57.0 Å². The fourth-order valence-corrected chi connectivity index (χ4v) is 5.46. The first-order valence-electron chi connectivity index (χ1n) is 10.5. The Morgan fingerprint density at radius 2 is 1.76 bits per heavy atom. The van der Waals surface area contributed by atoms with Crippen molar-refractivity contribution in [2.45, 2.75) is 50.8 Å². The predicted octanol–water partition coefficient (Wildman–Crippen LogP) is 5.72. The second-order valence-corrected chi connectivity index (χ2v) is 9.30. The lowest BCUT2D eigenvalue weighted by Gasteiger charge is -2.27. The molecule has 0 bridgehead atoms. The monoisotopic (exact) mass is 408 g/mol. The maximum atomic E-state index is 12.7. The minimum atomic E-state index is -0.0398. The molecule has 2 amide bonds. The zero-order valence-corrected chi connectivity index (χ0v) is 17.9. The molecule has 2 aliphatic rings. The van der Waals surface area contributed by atoms with Gasteiger partial charge in [0, 0.05) is 17.3 Å². The average molecular weight is 409 g/mol. The molecule has 1 heterocycles. The number of anilines is 2. The molecule has 1 N–H and O–H groups in total. The molecular weight excluding hydrogens is 380 g/mol. The van der Waals surface area contributed by atoms with Gasteiger partial charge in [-0.2, -0.15) is 0 Å². The van der Waals surface area contributed by atoms with Crippen LogP contribution in [-0.4, -0.2) is 17.6 Å². The van der Waals surface area contributed by atoms with E-state index in [4.69, 9.17) is 0 Å². The highest BCUT2D eigenvalue weighted by molar-refractivity contribution is 8.00. The number of carbonyl (C=O) groups excluding carboxylic acids is 2. The second kappa shape index (κ2) is 8.62. The predicted molar refractivity (Wildman–Crippen MR) is 120 cm³/mol. The number of para-hydroxylation sites is 1. The molecule has 0 aromatic heterocycles. The molecule has 1 aliphatic heterocycles. The van der Waals surface area contributed by atoms with E-state index in [1.165, 1.54) is 5.56 Å². The Kier molecular flexibility index (Phi) is 5.95. The normalized spacial score (nSPS) is 19.9. The van der Waals surface area contributed by atoms with Crippen LogP contribution in [0.5, 0.6) is 0 Å². The summed E-state index contributed by atoms with van der Waals surface area (Å²) in [7, 11) is 0. The molecule has 29 heavy (non-hydrogen) atoms. The van der Waals surface area contributed by atoms with Gasteiger partial charge in [-0.3, -0.25) is 14.5 Å². The van der Waals surface area contributed by atoms with Gasteiger partial charge in [0.25, 0.3) is 0 Å². The number of amides is 2. The van der Waals surface area contributed by atoms with Gasteiger partial charge in [-0.15, -0.1) is 11.8 Å². The summed E-state index contributed by atoms with van der Waals surface area (Å²) in [5.74, 6) is 1.26. The minimum absolute atomic E-state index is 0.0398. The molecule has 2 aromatic rings. The number of benzene rings is 2. The van der Waals surface area contributed by atoms with Crippen molar-refractivity contribution in [3.63, 3.8) is 0 Å². The van der Waals surface area contributed by atoms with Crippen LogP contribution >= 0.6 is 11.8 Å². The molecule has 2 aromatic carbocycles. The molecule has 5 heteroatoms. The van der Waals surface area contributed by atoms with E-state index in [9.17, 15) is 9.59 Å². The third-order valence-corrected chi connectivity index (χ3v) is 7.09. The van der Waals surface area contributed by atoms with Gasteiger partial charge in [-0.05, 0) is 48.1 Å². The van der Waals surface area contributed by atoms with Crippen LogP contribution in [0.25, 0.3) is 0 Å². The molecule has 4 nitrogen and oxygen atoms in total. The number of hydrogen-bond acceptors (Lipinski definition) is 3. The largest absolute Gasteiger partial charge is 0.326 e. The maximum Gasteiger partial charge on any atom is 0.238 e. The van der Waals surface area contributed by atoms with Crippen LogP contribution < -0.4 is 10.2 Å². The summed E-state index contributed by atoms with van der Waals surface area (Å²) in [4.78, 5) is 27.0. The van der Waals surface area contributed by atoms with Crippen LogP contribution in [0.4, 0.5) is 11.4 Å². The summed E-state index contributed by atoms with van der Waals surface area (Å²) < 4.78 is 0. The average Bonchev–Trinajstić information content (AvgIpc) is 3.38. The van der Waals surface area contributed by atoms with Crippen LogP contribution in [0.3, 0.4) is 0 Å². The summed E-state index contributed by atoms with van der Waals surface area (Å²) >= 11 is 1.66. The van der Waals surface area contributed by atoms with Crippen molar-refractivity contribution < 1.29 is 9.59 Å². The summed E-state index contributed by atoms with van der Waals surface area (Å²) in [6, 6.07) is 16.2. The maximum absolute atomic E-state index is 12.7. The zero-order valence-electron chi connectivity index (χ0n) is 17.1. The van der Waals surface area contributed by atoms with Crippen molar-refractivity contribution in [3.8, 4) is 0 Å². The van der Waals surface area contributed by atoms with Crippen molar-refractivity contribution in [1.29, 1.82) is 0 Å². The van der Waals surface area contributed by atoms with E-state index in [1.54, 1.807) is 11.8 Å². The first-order chi connectivity index (χ1) is 14.0. The highest BCUT2D eigenvalue weighted by Gasteiger charge is 2.35. The molecule has 2 fully saturated rings. The van der Waals surface area contributed by atoms with E-state index < -0.39 is 0 Å². The van der Waals surface area contributed by atoms with Crippen LogP contribution in [0, 0.1) is 5.92 Å². The molecule has 0 spiro atoms. The number of nitrogens with one attached hydrogen (secondary N) is 1. The Hall–Kier alpha value is -2.27. The molecule has 1 aliphatic carbocycles. The highest BCUT2D eigenvalue weighted by atomic mass is 32.2. The van der Waals surface area contributed by atoms with Crippen LogP contribution in [0.1, 0.15) is 61.9 Å². The molecule has 4 rings (SSSR count). The lowest BCUT2D eigenvalue weighted by atomic mass is 10.00. The molecule has 152 valence electrons. The topological polar surface area (TPSA) is 49.4 Å². The van der Waals surface area contributed by atoms with E-state index in [-0.39, 0.29) is 23.1 Å². The molecular formula is C24H28N2O2S. The molecule has 0 radical (unpaired) electrons. The van der Waals surface area contributed by atoms with Crippen molar-refractivity contribution >= 4 is 35.0 Å². The minimum Gasteiger partial charge on any atom is -0.326 e. The van der Waals surface area contributed by atoms with E-state index in [2.05, 4.69) is 25.2 Å². The highest BCUT2D eigenvalue weighted by Crippen LogP contribution is 2.44. The Morgan fingerprint density at radius 3 is 2.45 bits per heavy atom. The standard InChI is InChI=1S/C24H28N2O2S/c1-16(2)20-9-5-6-10-21(20)26-22(27)15-29-24(26)18-11-13-19(14-12-18)25-23(28)17-7-3-4-8-17/h5-6,9-14,16-17,24H,3-4,7-8,15H2,1-2H3,(H,25,28)/t24-/m1/s1. The molecule has 1 saturated carbocycles. The molecule has 1 saturated heterocycles. The fraction of sp³-hybridized carbons (Fsp3) is 0.417. The van der Waals surface area contributed by atoms with E-state index in [1.807, 2.05) is 47.4 Å². The number of hydrogen-bond donors (Lipinski definition) is 1. The van der Waals surface area contributed by atoms with Crippen molar-refractivity contribution in [2.75, 3.05) is 16.0 Å². The number of nitrogens with zero attached hydrogens (tertiary/aromatic N) is 1. The fourth-order valence-electron chi connectivity index (χ4n) is 4.29. The smallest absolute Gasteiger partial charge is 0.238 e. The lowest BCUT2D eigenvalue weighted by molar-refractivity contribution is -0.119. The quantitative estimate of drug-likeness (QED) is 0.689. The summed E-state index contributed by atoms with van der Waals surface area (Å²) in [5.41, 5.74) is 4.10. The molecule has 0 unspecified atom stereocenters. The van der Waals surface area contributed by atoms with E-state index in [0.29, 0.717) is 11.7 Å². The van der Waals surface area contributed by atoms with E-state index in [0.717, 1.165) is 42.6 Å². The number of rotatable bonds is 5. The number of thioether (sulfide) groups is 1. The Balaban J connectivity index is 1.54. The summed E-state index contributed by atoms with van der Waals surface area (Å²) in [5, 5.41) is 3.01. The first-order valence-corrected chi connectivity index (χ1v) is 11.5. The van der Waals surface area contributed by atoms with Gasteiger partial charge in [0.1, 0.15) is 5.37 Å². The molecule has 1 atom stereocenters. The summed E-state index contributed by atoms with van der Waals surface area (Å²) in [6.07, 6.45) is 4.29. The van der Waals surface area contributed by atoms with Crippen molar-refractivity contribution in [1.82, 2.24) is 0 Å². The number of carbonyl (C=O) groups is 2. The van der Waals surface area contributed by atoms with Crippen LogP contribution in [-0.2, 0) is 9.59 Å². The van der Waals surface area contributed by atoms with Gasteiger partial charge in [0.2, 0.25) is 11.8 Å². The van der Waals surface area contributed by atoms with Gasteiger partial charge >= 0.3 is 0 Å². The van der Waals surface area contributed by atoms with Crippen LogP contribution in [0.2, 0.25) is 0 Å². The van der Waals surface area contributed by atoms with E-state index >= 15 is 0 Å². The first kappa shape index (κ1) is 20.0. The zero-order chi connectivity index (χ0) is 20.4. The van der Waals surface area contributed by atoms with Crippen molar-refractivity contribution in [3.05, 3.63) is 59.7 Å². The SMILES string of the molecule is CC(C)c1ccccc1N1C(=O)CS[C@@H]1c1ccc(NC(=O)C2CCCC2)cc1. The third-order valence-electron chi connectivity index (χ3n) is 5.88. The second-order valence-electron chi connectivity index (χ2n) is 8.23. The Bertz CT molecular complexity index is 888. The van der Waals surface area contributed by atoms with Crippen LogP contribution in [0.15, 0.2) is 48.5 Å². The van der Waals surface area contributed by atoms with Gasteiger partial charge < -0.3 is 5.32 Å². The summed E-state index contributed by atoms with van der Waals surface area (Å²) in [6.45, 7) is 4.31. The third kappa shape index (κ3) is 4.20. The van der Waals surface area contributed by atoms with Gasteiger partial charge in [0.15, 0.2) is 0 Å². The van der Waals surface area contributed by atoms with Crippen molar-refractivity contribution in [2.24, 2.45) is 5.92 Å².